The van der Waals surface area contributed by atoms with Crippen LogP contribution in [0.25, 0.3) is 0 Å². The van der Waals surface area contributed by atoms with Gasteiger partial charge in [0, 0.05) is 0 Å². The van der Waals surface area contributed by atoms with Gasteiger partial charge < -0.3 is 14.4 Å². The zero-order valence-corrected chi connectivity index (χ0v) is 16.9. The van der Waals surface area contributed by atoms with E-state index in [2.05, 4.69) is 0 Å². The van der Waals surface area contributed by atoms with Crippen molar-refractivity contribution in [2.45, 2.75) is 31.1 Å². The van der Waals surface area contributed by atoms with Crippen LogP contribution in [0, 0.1) is 11.8 Å². The summed E-state index contributed by atoms with van der Waals surface area (Å²) in [7, 11) is 0. The first-order valence-corrected chi connectivity index (χ1v) is 10.6. The highest BCUT2D eigenvalue weighted by Gasteiger charge is 2.68. The van der Waals surface area contributed by atoms with Gasteiger partial charge in [0.05, 0.1) is 31.2 Å². The van der Waals surface area contributed by atoms with Gasteiger partial charge in [-0.15, -0.1) is 0 Å². The minimum atomic E-state index is -0.751. The minimum absolute atomic E-state index is 0.0435. The molecule has 1 amide bonds. The summed E-state index contributed by atoms with van der Waals surface area (Å²) in [4.78, 5) is 28.4. The Morgan fingerprint density at radius 1 is 1.13 bits per heavy atom. The summed E-state index contributed by atoms with van der Waals surface area (Å²) < 4.78 is 11.7. The average Bonchev–Trinajstić information content (AvgIpc) is 3.42. The Hall–Kier alpha value is -2.92. The first-order chi connectivity index (χ1) is 14.6. The minimum Gasteiger partial charge on any atom is -0.465 e. The lowest BCUT2D eigenvalue weighted by Gasteiger charge is -2.31. The van der Waals surface area contributed by atoms with Crippen LogP contribution in [-0.4, -0.2) is 41.6 Å². The van der Waals surface area contributed by atoms with Crippen molar-refractivity contribution < 1.29 is 19.1 Å². The van der Waals surface area contributed by atoms with E-state index in [1.165, 1.54) is 0 Å². The van der Waals surface area contributed by atoms with Gasteiger partial charge in [-0.3, -0.25) is 9.59 Å². The molecule has 2 saturated heterocycles. The SMILES string of the molecule is CCCOC(=O)[C@H]1[C@H]2C=C[C@@]3(CN(C(c4ccccc4)c4ccccc4)C(=O)[C@@H]13)O2. The summed E-state index contributed by atoms with van der Waals surface area (Å²) in [5.41, 5.74) is 1.33. The molecule has 30 heavy (non-hydrogen) atoms. The molecule has 0 saturated carbocycles. The molecule has 5 nitrogen and oxygen atoms in total. The van der Waals surface area contributed by atoms with E-state index in [1.54, 1.807) is 0 Å². The number of hydrogen-bond donors (Lipinski definition) is 0. The zero-order chi connectivity index (χ0) is 20.7. The second-order valence-electron chi connectivity index (χ2n) is 8.26. The third-order valence-electron chi connectivity index (χ3n) is 6.39. The Labute approximate surface area is 176 Å². The second kappa shape index (κ2) is 7.40. The molecular weight excluding hydrogens is 378 g/mol. The maximum atomic E-state index is 13.8. The van der Waals surface area contributed by atoms with Crippen molar-refractivity contribution in [2.24, 2.45) is 11.8 Å². The van der Waals surface area contributed by atoms with Crippen molar-refractivity contribution in [3.8, 4) is 0 Å². The molecular formula is C25H25NO4. The van der Waals surface area contributed by atoms with Crippen molar-refractivity contribution in [3.63, 3.8) is 0 Å². The maximum Gasteiger partial charge on any atom is 0.312 e. The Balaban J connectivity index is 1.52. The standard InChI is InChI=1S/C25H25NO4/c1-2-15-29-24(28)20-19-13-14-25(30-19)16-26(23(27)21(20)25)22(17-9-5-3-6-10-17)18-11-7-4-8-12-18/h3-14,19-22H,2,15-16H2,1H3/t19-,20+,21-,25+/m1/s1. The van der Waals surface area contributed by atoms with Gasteiger partial charge >= 0.3 is 5.97 Å². The number of amides is 1. The molecule has 2 fully saturated rings. The summed E-state index contributed by atoms with van der Waals surface area (Å²) in [6, 6.07) is 19.8. The van der Waals surface area contributed by atoms with Crippen molar-refractivity contribution in [1.29, 1.82) is 0 Å². The number of rotatable bonds is 6. The fourth-order valence-corrected chi connectivity index (χ4v) is 5.14. The van der Waals surface area contributed by atoms with Crippen LogP contribution in [-0.2, 0) is 19.1 Å². The van der Waals surface area contributed by atoms with Gasteiger partial charge in [0.25, 0.3) is 0 Å². The summed E-state index contributed by atoms with van der Waals surface area (Å²) in [6.07, 6.45) is 4.28. The van der Waals surface area contributed by atoms with E-state index in [0.29, 0.717) is 13.2 Å². The number of ether oxygens (including phenoxy) is 2. The van der Waals surface area contributed by atoms with Crippen LogP contribution in [0.3, 0.4) is 0 Å². The van der Waals surface area contributed by atoms with Gasteiger partial charge in [-0.25, -0.2) is 0 Å². The molecule has 3 heterocycles. The lowest BCUT2D eigenvalue weighted by molar-refractivity contribution is -0.154. The van der Waals surface area contributed by atoms with Gasteiger partial charge in [0.15, 0.2) is 0 Å². The molecule has 2 aromatic rings. The monoisotopic (exact) mass is 403 g/mol. The van der Waals surface area contributed by atoms with Gasteiger partial charge in [-0.05, 0) is 17.5 Å². The quantitative estimate of drug-likeness (QED) is 0.547. The van der Waals surface area contributed by atoms with Crippen molar-refractivity contribution in [2.75, 3.05) is 13.2 Å². The highest BCUT2D eigenvalue weighted by molar-refractivity contribution is 5.91. The van der Waals surface area contributed by atoms with E-state index >= 15 is 0 Å². The van der Waals surface area contributed by atoms with Crippen molar-refractivity contribution in [3.05, 3.63) is 83.9 Å². The first-order valence-electron chi connectivity index (χ1n) is 10.6. The van der Waals surface area contributed by atoms with E-state index in [0.717, 1.165) is 17.5 Å². The topological polar surface area (TPSA) is 55.8 Å². The first kappa shape index (κ1) is 19.1. The molecule has 5 heteroatoms. The molecule has 0 N–H and O–H groups in total. The van der Waals surface area contributed by atoms with Gasteiger partial charge in [-0.2, -0.15) is 0 Å². The van der Waals surface area contributed by atoms with Crippen LogP contribution in [0.5, 0.6) is 0 Å². The molecule has 1 spiro atoms. The number of carbonyl (C=O) groups is 2. The molecule has 4 atom stereocenters. The Kier molecular flexibility index (Phi) is 4.70. The van der Waals surface area contributed by atoms with Gasteiger partial charge in [0.1, 0.15) is 11.5 Å². The highest BCUT2D eigenvalue weighted by Crippen LogP contribution is 2.54. The third-order valence-corrected chi connectivity index (χ3v) is 6.39. The van der Waals surface area contributed by atoms with E-state index in [4.69, 9.17) is 9.47 Å². The molecule has 154 valence electrons. The molecule has 0 aromatic heterocycles. The number of benzene rings is 2. The molecule has 0 aliphatic carbocycles. The summed E-state index contributed by atoms with van der Waals surface area (Å²) in [6.45, 7) is 2.74. The van der Waals surface area contributed by atoms with E-state index < -0.39 is 17.4 Å². The predicted octanol–water partition coefficient (Wildman–Crippen LogP) is 3.51. The number of fused-ring (bicyclic) bond motifs is 1. The van der Waals surface area contributed by atoms with Crippen LogP contribution in [0.15, 0.2) is 72.8 Å². The van der Waals surface area contributed by atoms with Crippen molar-refractivity contribution >= 4 is 11.9 Å². The number of likely N-dealkylation sites (tertiary alicyclic amines) is 1. The molecule has 0 radical (unpaired) electrons. The number of hydrogen-bond acceptors (Lipinski definition) is 4. The molecule has 2 bridgehead atoms. The summed E-state index contributed by atoms with van der Waals surface area (Å²) >= 11 is 0. The predicted molar refractivity (Wildman–Crippen MR) is 111 cm³/mol. The Bertz CT molecular complexity index is 934. The smallest absolute Gasteiger partial charge is 0.312 e. The maximum absolute atomic E-state index is 13.8. The number of nitrogens with zero attached hydrogens (tertiary/aromatic N) is 1. The largest absolute Gasteiger partial charge is 0.465 e. The molecule has 0 unspecified atom stereocenters. The second-order valence-corrected chi connectivity index (χ2v) is 8.26. The van der Waals surface area contributed by atoms with Gasteiger partial charge in [-0.1, -0.05) is 79.7 Å². The lowest BCUT2D eigenvalue weighted by Crippen LogP contribution is -2.40. The van der Waals surface area contributed by atoms with E-state index in [-0.39, 0.29) is 24.0 Å². The summed E-state index contributed by atoms with van der Waals surface area (Å²) in [5, 5.41) is 0. The molecule has 2 aromatic carbocycles. The van der Waals surface area contributed by atoms with E-state index in [1.807, 2.05) is 84.6 Å². The number of esters is 1. The molecule has 3 aliphatic heterocycles. The Morgan fingerprint density at radius 3 is 2.37 bits per heavy atom. The normalized spacial score (nSPS) is 28.9. The third kappa shape index (κ3) is 2.88. The fraction of sp³-hybridized carbons (Fsp3) is 0.360. The average molecular weight is 403 g/mol. The zero-order valence-electron chi connectivity index (χ0n) is 16.9. The molecule has 3 aliphatic rings. The van der Waals surface area contributed by atoms with Crippen LogP contribution in [0.2, 0.25) is 0 Å². The van der Waals surface area contributed by atoms with Crippen LogP contribution >= 0.6 is 0 Å². The highest BCUT2D eigenvalue weighted by atomic mass is 16.6. The van der Waals surface area contributed by atoms with Crippen LogP contribution in [0.1, 0.15) is 30.5 Å². The van der Waals surface area contributed by atoms with Crippen molar-refractivity contribution in [1.82, 2.24) is 4.90 Å². The molecule has 5 rings (SSSR count). The van der Waals surface area contributed by atoms with E-state index in [9.17, 15) is 9.59 Å². The summed E-state index contributed by atoms with van der Waals surface area (Å²) in [5.74, 6) is -1.49. The van der Waals surface area contributed by atoms with Crippen LogP contribution in [0.4, 0.5) is 0 Å². The number of carbonyl (C=O) groups excluding carboxylic acids is 2. The van der Waals surface area contributed by atoms with Crippen LogP contribution < -0.4 is 0 Å². The van der Waals surface area contributed by atoms with Gasteiger partial charge in [0.2, 0.25) is 5.91 Å². The lowest BCUT2D eigenvalue weighted by atomic mass is 9.77. The fourth-order valence-electron chi connectivity index (χ4n) is 5.14. The Morgan fingerprint density at radius 2 is 1.77 bits per heavy atom.